The number of aryl methyl sites for hydroxylation is 1. The number of phenols is 1. The number of halogens is 3. The van der Waals surface area contributed by atoms with Crippen molar-refractivity contribution < 1.29 is 24.5 Å². The second kappa shape index (κ2) is 9.82. The maximum Gasteiger partial charge on any atom is 0.300 e. The molecule has 0 bridgehead atoms. The van der Waals surface area contributed by atoms with Crippen LogP contribution in [0.5, 0.6) is 11.5 Å². The lowest BCUT2D eigenvalue weighted by Gasteiger charge is -2.26. The normalized spacial score (nSPS) is 17.2. The molecule has 6 nitrogen and oxygen atoms in total. The predicted octanol–water partition coefficient (Wildman–Crippen LogP) is 6.55. The number of carbonyl (C=O) groups is 2. The number of ketones is 1. The highest BCUT2D eigenvalue weighted by atomic mass is 35.5. The van der Waals surface area contributed by atoms with E-state index in [4.69, 9.17) is 39.5 Å². The van der Waals surface area contributed by atoms with Gasteiger partial charge in [0.05, 0.1) is 34.3 Å². The quantitative estimate of drug-likeness (QED) is 0.221. The van der Waals surface area contributed by atoms with Crippen molar-refractivity contribution in [3.63, 3.8) is 0 Å². The molecule has 3 aromatic rings. The van der Waals surface area contributed by atoms with Crippen molar-refractivity contribution in [2.45, 2.75) is 19.4 Å². The molecule has 1 heterocycles. The van der Waals surface area contributed by atoms with Gasteiger partial charge in [-0.05, 0) is 53.9 Å². The van der Waals surface area contributed by atoms with Crippen LogP contribution in [0, 0.1) is 0 Å². The van der Waals surface area contributed by atoms with Crippen LogP contribution in [0.15, 0.2) is 60.2 Å². The molecule has 3 aromatic carbocycles. The summed E-state index contributed by atoms with van der Waals surface area (Å²) in [7, 11) is 1.36. The Kier molecular flexibility index (Phi) is 6.99. The molecule has 180 valence electrons. The minimum absolute atomic E-state index is 0.0257. The molecule has 1 unspecified atom stereocenters. The maximum absolute atomic E-state index is 13.3. The highest BCUT2D eigenvalue weighted by Gasteiger charge is 2.47. The summed E-state index contributed by atoms with van der Waals surface area (Å²) in [6.45, 7) is 2.00. The zero-order chi connectivity index (χ0) is 25.4. The Morgan fingerprint density at radius 3 is 2.29 bits per heavy atom. The fourth-order valence-corrected chi connectivity index (χ4v) is 4.85. The van der Waals surface area contributed by atoms with E-state index in [2.05, 4.69) is 0 Å². The molecule has 9 heteroatoms. The van der Waals surface area contributed by atoms with Gasteiger partial charge in [-0.3, -0.25) is 14.5 Å². The summed E-state index contributed by atoms with van der Waals surface area (Å²) in [6.07, 6.45) is 0.797. The molecule has 0 aromatic heterocycles. The molecule has 0 aliphatic carbocycles. The summed E-state index contributed by atoms with van der Waals surface area (Å²) < 4.78 is 5.34. The molecular formula is C26H20Cl3NO5. The third-order valence-corrected chi connectivity index (χ3v) is 6.62. The van der Waals surface area contributed by atoms with Gasteiger partial charge >= 0.3 is 0 Å². The van der Waals surface area contributed by atoms with Gasteiger partial charge in [-0.2, -0.15) is 0 Å². The van der Waals surface area contributed by atoms with Gasteiger partial charge in [-0.25, -0.2) is 0 Å². The SMILES string of the molecule is CCc1ccc(N2C(=O)C(=O)/C(=C(/O)c3cc(Cl)cc(Cl)c3OC)C2c2ccc(O)c(Cl)c2)cc1. The number of hydrogen-bond acceptors (Lipinski definition) is 5. The molecule has 1 atom stereocenters. The minimum atomic E-state index is -1.05. The third-order valence-electron chi connectivity index (χ3n) is 5.82. The van der Waals surface area contributed by atoms with Gasteiger partial charge < -0.3 is 14.9 Å². The number of hydrogen-bond donors (Lipinski definition) is 2. The number of ether oxygens (including phenoxy) is 1. The number of nitrogens with zero attached hydrogens (tertiary/aromatic N) is 1. The summed E-state index contributed by atoms with van der Waals surface area (Å²) in [5, 5.41) is 21.6. The summed E-state index contributed by atoms with van der Waals surface area (Å²) in [6, 6.07) is 13.3. The van der Waals surface area contributed by atoms with Crippen LogP contribution in [0.3, 0.4) is 0 Å². The van der Waals surface area contributed by atoms with Crippen LogP contribution in [-0.4, -0.2) is 29.0 Å². The number of methoxy groups -OCH3 is 1. The van der Waals surface area contributed by atoms with Crippen molar-refractivity contribution in [1.29, 1.82) is 0 Å². The van der Waals surface area contributed by atoms with E-state index in [-0.39, 0.29) is 37.7 Å². The highest BCUT2D eigenvalue weighted by Crippen LogP contribution is 2.45. The van der Waals surface area contributed by atoms with Crippen LogP contribution in [-0.2, 0) is 16.0 Å². The minimum Gasteiger partial charge on any atom is -0.507 e. The summed E-state index contributed by atoms with van der Waals surface area (Å²) >= 11 is 18.6. The van der Waals surface area contributed by atoms with Crippen LogP contribution in [0.4, 0.5) is 5.69 Å². The topological polar surface area (TPSA) is 87.1 Å². The highest BCUT2D eigenvalue weighted by molar-refractivity contribution is 6.52. The van der Waals surface area contributed by atoms with E-state index in [9.17, 15) is 19.8 Å². The molecule has 4 rings (SSSR count). The number of aliphatic hydroxyl groups excluding tert-OH is 1. The van der Waals surface area contributed by atoms with E-state index in [0.29, 0.717) is 11.3 Å². The number of benzene rings is 3. The number of carbonyl (C=O) groups excluding carboxylic acids is 2. The predicted molar refractivity (Wildman–Crippen MR) is 137 cm³/mol. The lowest BCUT2D eigenvalue weighted by atomic mass is 9.94. The number of aromatic hydroxyl groups is 1. The fourth-order valence-electron chi connectivity index (χ4n) is 4.09. The molecule has 0 spiro atoms. The number of phenolic OH excluding ortho intramolecular Hbond substituents is 1. The average Bonchev–Trinajstić information content (AvgIpc) is 3.10. The van der Waals surface area contributed by atoms with E-state index in [1.807, 2.05) is 19.1 Å². The first kappa shape index (κ1) is 24.9. The van der Waals surface area contributed by atoms with E-state index in [1.165, 1.54) is 42.3 Å². The molecule has 1 saturated heterocycles. The number of anilines is 1. The van der Waals surface area contributed by atoms with E-state index in [1.54, 1.807) is 12.1 Å². The van der Waals surface area contributed by atoms with Gasteiger partial charge in [-0.15, -0.1) is 0 Å². The Bertz CT molecular complexity index is 1370. The smallest absolute Gasteiger partial charge is 0.300 e. The van der Waals surface area contributed by atoms with E-state index in [0.717, 1.165) is 12.0 Å². The zero-order valence-electron chi connectivity index (χ0n) is 18.7. The van der Waals surface area contributed by atoms with Gasteiger partial charge in [0.2, 0.25) is 0 Å². The van der Waals surface area contributed by atoms with Crippen molar-refractivity contribution in [2.75, 3.05) is 12.0 Å². The fraction of sp³-hybridized carbons (Fsp3) is 0.154. The summed E-state index contributed by atoms with van der Waals surface area (Å²) in [5.74, 6) is -2.32. The molecular weight excluding hydrogens is 513 g/mol. The summed E-state index contributed by atoms with van der Waals surface area (Å²) in [4.78, 5) is 27.9. The lowest BCUT2D eigenvalue weighted by molar-refractivity contribution is -0.132. The first-order valence-corrected chi connectivity index (χ1v) is 11.7. The standard InChI is InChI=1S/C26H20Cl3NO5/c1-3-13-4-7-16(8-5-13)30-22(14-6-9-20(31)18(28)10-14)21(24(33)26(30)34)23(32)17-11-15(27)12-19(29)25(17)35-2/h4-12,22,31-32H,3H2,1-2H3/b23-21+. The largest absolute Gasteiger partial charge is 0.507 e. The van der Waals surface area contributed by atoms with Gasteiger partial charge in [0.25, 0.3) is 11.7 Å². The third kappa shape index (κ3) is 4.45. The molecule has 0 saturated carbocycles. The zero-order valence-corrected chi connectivity index (χ0v) is 20.9. The average molecular weight is 533 g/mol. The van der Waals surface area contributed by atoms with Crippen LogP contribution in [0.2, 0.25) is 15.1 Å². The molecule has 35 heavy (non-hydrogen) atoms. The van der Waals surface area contributed by atoms with Gasteiger partial charge in [0.1, 0.15) is 17.3 Å². The maximum atomic E-state index is 13.3. The molecule has 1 fully saturated rings. The van der Waals surface area contributed by atoms with Crippen LogP contribution in [0.1, 0.15) is 29.7 Å². The molecule has 0 radical (unpaired) electrons. The number of rotatable bonds is 5. The first-order valence-electron chi connectivity index (χ1n) is 10.6. The van der Waals surface area contributed by atoms with Gasteiger partial charge in [-0.1, -0.05) is 59.9 Å². The van der Waals surface area contributed by atoms with Crippen LogP contribution >= 0.6 is 34.8 Å². The summed E-state index contributed by atoms with van der Waals surface area (Å²) in [5.41, 5.74) is 1.76. The van der Waals surface area contributed by atoms with Crippen molar-refractivity contribution in [3.8, 4) is 11.5 Å². The lowest BCUT2D eigenvalue weighted by Crippen LogP contribution is -2.29. The number of aliphatic hydroxyl groups is 1. The number of Topliss-reactive ketones (excluding diaryl/α,β-unsaturated/α-hetero) is 1. The second-order valence-electron chi connectivity index (χ2n) is 7.87. The van der Waals surface area contributed by atoms with Crippen LogP contribution in [0.25, 0.3) is 5.76 Å². The van der Waals surface area contributed by atoms with E-state index < -0.39 is 23.5 Å². The van der Waals surface area contributed by atoms with Gasteiger partial charge in [0.15, 0.2) is 0 Å². The molecule has 1 aliphatic heterocycles. The number of amides is 1. The Morgan fingerprint density at radius 1 is 1.00 bits per heavy atom. The Labute approximate surface area is 216 Å². The first-order chi connectivity index (χ1) is 16.7. The van der Waals surface area contributed by atoms with E-state index >= 15 is 0 Å². The van der Waals surface area contributed by atoms with Crippen LogP contribution < -0.4 is 9.64 Å². The van der Waals surface area contributed by atoms with Crippen molar-refractivity contribution >= 4 is 57.9 Å². The Morgan fingerprint density at radius 2 is 1.69 bits per heavy atom. The Hall–Kier alpha value is -3.19. The van der Waals surface area contributed by atoms with Crippen molar-refractivity contribution in [2.24, 2.45) is 0 Å². The molecule has 2 N–H and O–H groups in total. The van der Waals surface area contributed by atoms with Gasteiger partial charge in [0, 0.05) is 10.7 Å². The van der Waals surface area contributed by atoms with Crippen molar-refractivity contribution in [3.05, 3.63) is 91.9 Å². The molecule has 1 amide bonds. The monoisotopic (exact) mass is 531 g/mol. The molecule has 1 aliphatic rings. The Balaban J connectivity index is 2.00. The second-order valence-corrected chi connectivity index (χ2v) is 9.12. The van der Waals surface area contributed by atoms with Crippen molar-refractivity contribution in [1.82, 2.24) is 0 Å².